The van der Waals surface area contributed by atoms with E-state index in [0.29, 0.717) is 51.7 Å². The van der Waals surface area contributed by atoms with Crippen molar-refractivity contribution in [3.63, 3.8) is 0 Å². The molecule has 4 aliphatic carbocycles. The molecular formula is C35H48N2O8. The molecule has 0 amide bonds. The first-order valence-electron chi connectivity index (χ1n) is 16.9. The number of aliphatic hydroxyl groups excluding tert-OH is 2. The smallest absolute Gasteiger partial charge is 0.331 e. The van der Waals surface area contributed by atoms with Crippen molar-refractivity contribution in [3.05, 3.63) is 41.7 Å². The van der Waals surface area contributed by atoms with Crippen molar-refractivity contribution in [3.8, 4) is 0 Å². The molecule has 10 heteroatoms. The third kappa shape index (κ3) is 5.02. The Kier molecular flexibility index (Phi) is 8.02. The molecule has 4 saturated carbocycles. The van der Waals surface area contributed by atoms with E-state index in [0.717, 1.165) is 30.4 Å². The van der Waals surface area contributed by atoms with Crippen LogP contribution in [-0.4, -0.2) is 86.1 Å². The molecular weight excluding hydrogens is 576 g/mol. The third-order valence-electron chi connectivity index (χ3n) is 13.0. The molecule has 0 spiro atoms. The van der Waals surface area contributed by atoms with Gasteiger partial charge >= 0.3 is 5.97 Å². The summed E-state index contributed by atoms with van der Waals surface area (Å²) in [6.45, 7) is 4.71. The van der Waals surface area contributed by atoms with Crippen LogP contribution in [0.3, 0.4) is 0 Å². The predicted octanol–water partition coefficient (Wildman–Crippen LogP) is 3.25. The summed E-state index contributed by atoms with van der Waals surface area (Å²) in [4.78, 5) is 21.2. The number of cyclic esters (lactones) is 1. The molecule has 0 bridgehead atoms. The van der Waals surface area contributed by atoms with E-state index in [9.17, 15) is 25.2 Å². The number of nitrogens with zero attached hydrogens (tertiary/aromatic N) is 2. The summed E-state index contributed by atoms with van der Waals surface area (Å²) in [5, 5.41) is 45.9. The Labute approximate surface area is 264 Å². The molecule has 12 atom stereocenters. The average Bonchev–Trinajstić information content (AvgIpc) is 3.56. The molecule has 7 rings (SSSR count). The second-order valence-corrected chi connectivity index (χ2v) is 15.0. The van der Waals surface area contributed by atoms with Crippen LogP contribution < -0.4 is 0 Å². The minimum atomic E-state index is -1.09. The van der Waals surface area contributed by atoms with E-state index in [1.807, 2.05) is 24.5 Å². The quantitative estimate of drug-likeness (QED) is 0.212. The van der Waals surface area contributed by atoms with Crippen LogP contribution in [0.15, 0.2) is 41.2 Å². The number of carbonyl (C=O) groups is 1. The van der Waals surface area contributed by atoms with Gasteiger partial charge in [0.05, 0.1) is 36.1 Å². The molecule has 45 heavy (non-hydrogen) atoms. The van der Waals surface area contributed by atoms with Crippen molar-refractivity contribution in [1.29, 1.82) is 0 Å². The zero-order valence-electron chi connectivity index (χ0n) is 26.4. The zero-order valence-corrected chi connectivity index (χ0v) is 26.4. The molecule has 0 aromatic carbocycles. The van der Waals surface area contributed by atoms with Gasteiger partial charge in [-0.15, -0.1) is 0 Å². The van der Waals surface area contributed by atoms with Gasteiger partial charge in [0.25, 0.3) is 0 Å². The molecule has 10 nitrogen and oxygen atoms in total. The lowest BCUT2D eigenvalue weighted by molar-refractivity contribution is -0.282. The van der Waals surface area contributed by atoms with Crippen molar-refractivity contribution >= 4 is 12.2 Å². The number of esters is 1. The Balaban J connectivity index is 1.17. The molecule has 4 N–H and O–H groups in total. The molecule has 5 fully saturated rings. The monoisotopic (exact) mass is 624 g/mol. The number of aliphatic hydroxyl groups is 4. The number of hydrogen-bond donors (Lipinski definition) is 4. The highest BCUT2D eigenvalue weighted by molar-refractivity contribution is 5.85. The largest absolute Gasteiger partial charge is 0.458 e. The summed E-state index contributed by atoms with van der Waals surface area (Å²) >= 11 is 0. The van der Waals surface area contributed by atoms with E-state index in [1.54, 1.807) is 19.2 Å². The van der Waals surface area contributed by atoms with E-state index in [-0.39, 0.29) is 41.7 Å². The summed E-state index contributed by atoms with van der Waals surface area (Å²) in [7, 11) is 0. The van der Waals surface area contributed by atoms with Crippen molar-refractivity contribution in [2.24, 2.45) is 33.6 Å². The van der Waals surface area contributed by atoms with Gasteiger partial charge in [-0.2, -0.15) is 0 Å². The van der Waals surface area contributed by atoms with Crippen molar-refractivity contribution in [2.75, 3.05) is 6.61 Å². The SMILES string of the molecule is C[C@@H]1O[C@@H](O[C@@H]2CC[C@]3(C=NCc4cccnc4)[C@H]4CC[C@]5(C)[C@@H](C6=CC(=O)OC6)CC[C@@]5(O)[C@@H]4CC[C@]3(O)C2)C[C@@H](O)[C@H]1O. The summed E-state index contributed by atoms with van der Waals surface area (Å²) in [6, 6.07) is 3.90. The van der Waals surface area contributed by atoms with E-state index in [1.165, 1.54) is 0 Å². The molecule has 1 aromatic heterocycles. The van der Waals surface area contributed by atoms with Gasteiger partial charge in [0.15, 0.2) is 6.29 Å². The van der Waals surface area contributed by atoms with Crippen LogP contribution in [-0.2, 0) is 25.5 Å². The molecule has 6 aliphatic rings. The third-order valence-corrected chi connectivity index (χ3v) is 13.0. The molecule has 246 valence electrons. The highest BCUT2D eigenvalue weighted by Gasteiger charge is 2.71. The average molecular weight is 625 g/mol. The first-order valence-corrected chi connectivity index (χ1v) is 16.9. The van der Waals surface area contributed by atoms with Crippen molar-refractivity contribution < 1.29 is 39.4 Å². The Morgan fingerprint density at radius 3 is 2.67 bits per heavy atom. The van der Waals surface area contributed by atoms with Gasteiger partial charge in [0.1, 0.15) is 12.7 Å². The maximum absolute atomic E-state index is 12.7. The maximum Gasteiger partial charge on any atom is 0.331 e. The fourth-order valence-electron chi connectivity index (χ4n) is 10.6. The minimum Gasteiger partial charge on any atom is -0.458 e. The highest BCUT2D eigenvalue weighted by Crippen LogP contribution is 2.70. The van der Waals surface area contributed by atoms with Crippen molar-refractivity contribution in [2.45, 2.75) is 127 Å². The molecule has 3 heterocycles. The number of carbonyl (C=O) groups excluding carboxylic acids is 1. The number of pyridine rings is 1. The van der Waals surface area contributed by atoms with Crippen LogP contribution in [0.1, 0.15) is 83.6 Å². The minimum absolute atomic E-state index is 0.0124. The van der Waals surface area contributed by atoms with Gasteiger partial charge < -0.3 is 34.6 Å². The van der Waals surface area contributed by atoms with Crippen LogP contribution in [0.4, 0.5) is 0 Å². The van der Waals surface area contributed by atoms with Crippen LogP contribution in [0.5, 0.6) is 0 Å². The molecule has 0 unspecified atom stereocenters. The first kappa shape index (κ1) is 31.4. The number of rotatable bonds is 6. The summed E-state index contributed by atoms with van der Waals surface area (Å²) in [5.41, 5.74) is -1.03. The number of ether oxygens (including phenoxy) is 3. The van der Waals surface area contributed by atoms with Crippen LogP contribution in [0.2, 0.25) is 0 Å². The second-order valence-electron chi connectivity index (χ2n) is 15.0. The molecule has 0 radical (unpaired) electrons. The Bertz CT molecular complexity index is 1330. The second kappa shape index (κ2) is 11.5. The zero-order chi connectivity index (χ0) is 31.6. The van der Waals surface area contributed by atoms with Gasteiger partial charge in [-0.05, 0) is 93.2 Å². The maximum atomic E-state index is 12.7. The Morgan fingerprint density at radius 1 is 1.11 bits per heavy atom. The molecule has 2 aliphatic heterocycles. The standard InChI is InChI=1S/C35H48N2O8/c1-21-31(40)28(38)15-30(44-21)45-24-5-10-33(20-37-18-22-4-3-13-36-17-22)26-6-9-32(2)25(23-14-29(39)43-19-23)8-12-35(32,42)27(26)7-11-34(33,41)16-24/h3-4,13-14,17,20-21,24-28,30-31,38,40-42H,5-12,15-16,18-19H2,1-2H3/t21-,24+,25+,26-,27+,28+,30-,31-,32+,33-,34-,35+/m0/s1. The van der Waals surface area contributed by atoms with Gasteiger partial charge in [-0.1, -0.05) is 13.0 Å². The predicted molar refractivity (Wildman–Crippen MR) is 164 cm³/mol. The molecule has 1 aromatic rings. The summed E-state index contributed by atoms with van der Waals surface area (Å²) in [5.74, 6) is -0.171. The Hall–Kier alpha value is -2.21. The van der Waals surface area contributed by atoms with Gasteiger partial charge in [-0.25, -0.2) is 4.79 Å². The summed E-state index contributed by atoms with van der Waals surface area (Å²) < 4.78 is 17.5. The lowest BCUT2D eigenvalue weighted by Crippen LogP contribution is -2.69. The van der Waals surface area contributed by atoms with E-state index in [4.69, 9.17) is 19.2 Å². The van der Waals surface area contributed by atoms with Crippen molar-refractivity contribution in [1.82, 2.24) is 4.98 Å². The molecule has 1 saturated heterocycles. The lowest BCUT2D eigenvalue weighted by atomic mass is 9.41. The lowest BCUT2D eigenvalue weighted by Gasteiger charge is -2.66. The number of aromatic nitrogens is 1. The van der Waals surface area contributed by atoms with Gasteiger partial charge in [0, 0.05) is 48.4 Å². The van der Waals surface area contributed by atoms with Gasteiger partial charge in [-0.3, -0.25) is 9.98 Å². The fourth-order valence-corrected chi connectivity index (χ4v) is 10.6. The van der Waals surface area contributed by atoms with Crippen LogP contribution in [0, 0.1) is 28.6 Å². The number of aliphatic imine (C=N–C) groups is 1. The van der Waals surface area contributed by atoms with Gasteiger partial charge in [0.2, 0.25) is 0 Å². The highest BCUT2D eigenvalue weighted by atomic mass is 16.7. The van der Waals surface area contributed by atoms with Crippen LogP contribution >= 0.6 is 0 Å². The van der Waals surface area contributed by atoms with E-state index < -0.39 is 41.2 Å². The van der Waals surface area contributed by atoms with Crippen LogP contribution in [0.25, 0.3) is 0 Å². The number of hydrogen-bond acceptors (Lipinski definition) is 10. The Morgan fingerprint density at radius 2 is 1.93 bits per heavy atom. The number of fused-ring (bicyclic) bond motifs is 5. The topological polar surface area (TPSA) is 151 Å². The summed E-state index contributed by atoms with van der Waals surface area (Å²) in [6.07, 6.45) is 10.2. The first-order chi connectivity index (χ1) is 21.5. The van der Waals surface area contributed by atoms with E-state index in [2.05, 4.69) is 11.9 Å². The fraction of sp³-hybridized carbons (Fsp3) is 0.743. The van der Waals surface area contributed by atoms with E-state index >= 15 is 0 Å². The normalized spacial score (nSPS) is 48.0.